The van der Waals surface area contributed by atoms with Gasteiger partial charge in [-0.1, -0.05) is 38.3 Å². The van der Waals surface area contributed by atoms with Crippen LogP contribution in [0.1, 0.15) is 50.8 Å². The summed E-state index contributed by atoms with van der Waals surface area (Å²) in [5.74, 6) is -0.272. The molecule has 1 aromatic rings. The second-order valence-electron chi connectivity index (χ2n) is 6.33. The van der Waals surface area contributed by atoms with E-state index in [0.717, 1.165) is 34.1 Å². The smallest absolute Gasteiger partial charge is 0.130 e. The third-order valence-corrected chi connectivity index (χ3v) is 4.72. The highest BCUT2D eigenvalue weighted by molar-refractivity contribution is 5.79. The largest absolute Gasteiger partial charge is 0.302 e. The predicted octanol–water partition coefficient (Wildman–Crippen LogP) is 6.30. The standard InChI is InChI=1S/C22H27FO/c1-8-18(11-15(4)17(6)22(7,10-3)14-24)20-13-19(9-2)21(23)12-16(20)5/h8-9,11-14H,2,6,10H2,1,3-5,7H3/b15-11-,18-8+. The maximum Gasteiger partial charge on any atom is 0.130 e. The fraction of sp³-hybridized carbons (Fsp3) is 0.318. The summed E-state index contributed by atoms with van der Waals surface area (Å²) in [6.45, 7) is 17.4. The van der Waals surface area contributed by atoms with E-state index in [1.807, 2.05) is 46.8 Å². The molecule has 1 atom stereocenters. The minimum atomic E-state index is -0.566. The molecule has 0 aliphatic rings. The Balaban J connectivity index is 3.37. The van der Waals surface area contributed by atoms with Crippen molar-refractivity contribution in [2.45, 2.75) is 41.0 Å². The molecule has 1 rings (SSSR count). The number of carbonyl (C=O) groups excluding carboxylic acids is 1. The first kappa shape index (κ1) is 19.8. The summed E-state index contributed by atoms with van der Waals surface area (Å²) in [5.41, 5.74) is 4.44. The van der Waals surface area contributed by atoms with Crippen molar-refractivity contribution in [2.75, 3.05) is 0 Å². The summed E-state index contributed by atoms with van der Waals surface area (Å²) >= 11 is 0. The predicted molar refractivity (Wildman–Crippen MR) is 102 cm³/mol. The second kappa shape index (κ2) is 8.05. The van der Waals surface area contributed by atoms with Crippen molar-refractivity contribution in [1.29, 1.82) is 0 Å². The zero-order valence-corrected chi connectivity index (χ0v) is 15.4. The molecule has 0 bridgehead atoms. The molecular weight excluding hydrogens is 299 g/mol. The van der Waals surface area contributed by atoms with Gasteiger partial charge in [-0.3, -0.25) is 0 Å². The lowest BCUT2D eigenvalue weighted by Crippen LogP contribution is -2.20. The molecular formula is C22H27FO. The zero-order valence-electron chi connectivity index (χ0n) is 15.4. The Hall–Kier alpha value is -2.22. The summed E-state index contributed by atoms with van der Waals surface area (Å²) < 4.78 is 13.9. The molecule has 0 aliphatic carbocycles. The Morgan fingerprint density at radius 1 is 1.38 bits per heavy atom. The highest BCUT2D eigenvalue weighted by Gasteiger charge is 2.26. The average molecular weight is 326 g/mol. The summed E-state index contributed by atoms with van der Waals surface area (Å²) in [6, 6.07) is 3.33. The van der Waals surface area contributed by atoms with Crippen molar-refractivity contribution in [3.8, 4) is 0 Å². The van der Waals surface area contributed by atoms with Crippen LogP contribution in [0.3, 0.4) is 0 Å². The van der Waals surface area contributed by atoms with E-state index in [4.69, 9.17) is 0 Å². The lowest BCUT2D eigenvalue weighted by molar-refractivity contribution is -0.113. The Bertz CT molecular complexity index is 722. The highest BCUT2D eigenvalue weighted by Crippen LogP contribution is 2.34. The van der Waals surface area contributed by atoms with Crippen LogP contribution >= 0.6 is 0 Å². The SMILES string of the molecule is C=Cc1cc(C(/C=C(/C)C(=C)C(C)(C=O)CC)=C/C)c(C)cc1F. The number of rotatable bonds is 7. The van der Waals surface area contributed by atoms with Crippen LogP contribution in [0, 0.1) is 18.2 Å². The molecule has 0 radical (unpaired) electrons. The van der Waals surface area contributed by atoms with Gasteiger partial charge < -0.3 is 4.79 Å². The van der Waals surface area contributed by atoms with Gasteiger partial charge in [0.2, 0.25) is 0 Å². The minimum Gasteiger partial charge on any atom is -0.302 e. The van der Waals surface area contributed by atoms with Gasteiger partial charge in [-0.05, 0) is 74.1 Å². The summed E-state index contributed by atoms with van der Waals surface area (Å²) in [7, 11) is 0. The third-order valence-electron chi connectivity index (χ3n) is 4.72. The van der Waals surface area contributed by atoms with E-state index in [0.29, 0.717) is 12.0 Å². The molecule has 0 amide bonds. The van der Waals surface area contributed by atoms with Gasteiger partial charge in [-0.15, -0.1) is 0 Å². The van der Waals surface area contributed by atoms with Crippen molar-refractivity contribution in [3.05, 3.63) is 71.1 Å². The number of aryl methyl sites for hydroxylation is 1. The van der Waals surface area contributed by atoms with Crippen molar-refractivity contribution in [1.82, 2.24) is 0 Å². The topological polar surface area (TPSA) is 17.1 Å². The number of benzene rings is 1. The quantitative estimate of drug-likeness (QED) is 0.424. The molecule has 128 valence electrons. The number of halogens is 1. The highest BCUT2D eigenvalue weighted by atomic mass is 19.1. The third kappa shape index (κ3) is 4.00. The van der Waals surface area contributed by atoms with Gasteiger partial charge in [-0.25, -0.2) is 4.39 Å². The van der Waals surface area contributed by atoms with Gasteiger partial charge in [0.25, 0.3) is 0 Å². The molecule has 0 aliphatic heterocycles. The van der Waals surface area contributed by atoms with Gasteiger partial charge in [0.05, 0.1) is 0 Å². The molecule has 1 aromatic carbocycles. The monoisotopic (exact) mass is 326 g/mol. The van der Waals surface area contributed by atoms with E-state index in [-0.39, 0.29) is 5.82 Å². The molecule has 0 saturated carbocycles. The lowest BCUT2D eigenvalue weighted by Gasteiger charge is -2.25. The molecule has 0 aromatic heterocycles. The molecule has 0 heterocycles. The van der Waals surface area contributed by atoms with E-state index < -0.39 is 5.41 Å². The minimum absolute atomic E-state index is 0.272. The fourth-order valence-electron chi connectivity index (χ4n) is 2.61. The number of allylic oxidation sites excluding steroid dienone is 5. The summed E-state index contributed by atoms with van der Waals surface area (Å²) in [6.07, 6.45) is 7.16. The maximum absolute atomic E-state index is 13.9. The van der Waals surface area contributed by atoms with Crippen LogP contribution in [0.5, 0.6) is 0 Å². The molecule has 2 heteroatoms. The second-order valence-corrected chi connectivity index (χ2v) is 6.33. The van der Waals surface area contributed by atoms with Crippen LogP contribution in [0.15, 0.2) is 48.6 Å². The Morgan fingerprint density at radius 2 is 2.00 bits per heavy atom. The van der Waals surface area contributed by atoms with Crippen LogP contribution in [-0.4, -0.2) is 6.29 Å². The van der Waals surface area contributed by atoms with Gasteiger partial charge in [0.1, 0.15) is 12.1 Å². The lowest BCUT2D eigenvalue weighted by atomic mass is 9.78. The maximum atomic E-state index is 13.9. The van der Waals surface area contributed by atoms with Crippen molar-refractivity contribution >= 4 is 17.9 Å². The van der Waals surface area contributed by atoms with Gasteiger partial charge in [0.15, 0.2) is 0 Å². The molecule has 1 nitrogen and oxygen atoms in total. The molecule has 24 heavy (non-hydrogen) atoms. The van der Waals surface area contributed by atoms with Crippen molar-refractivity contribution in [2.24, 2.45) is 5.41 Å². The van der Waals surface area contributed by atoms with E-state index in [9.17, 15) is 9.18 Å². The normalized spacial score (nSPS) is 14.9. The van der Waals surface area contributed by atoms with Crippen LogP contribution in [0.25, 0.3) is 11.6 Å². The van der Waals surface area contributed by atoms with E-state index in [2.05, 4.69) is 13.2 Å². The first-order valence-corrected chi connectivity index (χ1v) is 8.17. The van der Waals surface area contributed by atoms with Crippen LogP contribution in [0.4, 0.5) is 4.39 Å². The van der Waals surface area contributed by atoms with Gasteiger partial charge in [0, 0.05) is 11.0 Å². The molecule has 0 fully saturated rings. The summed E-state index contributed by atoms with van der Waals surface area (Å²) in [5, 5.41) is 0. The average Bonchev–Trinajstić information content (AvgIpc) is 2.58. The molecule has 0 spiro atoms. The summed E-state index contributed by atoms with van der Waals surface area (Å²) in [4.78, 5) is 11.4. The molecule has 0 N–H and O–H groups in total. The van der Waals surface area contributed by atoms with Crippen LogP contribution < -0.4 is 0 Å². The fourth-order valence-corrected chi connectivity index (χ4v) is 2.61. The Morgan fingerprint density at radius 3 is 2.46 bits per heavy atom. The van der Waals surface area contributed by atoms with E-state index >= 15 is 0 Å². The number of aldehydes is 1. The zero-order chi connectivity index (χ0) is 18.5. The van der Waals surface area contributed by atoms with Crippen molar-refractivity contribution in [3.63, 3.8) is 0 Å². The van der Waals surface area contributed by atoms with Crippen LogP contribution in [-0.2, 0) is 4.79 Å². The van der Waals surface area contributed by atoms with Crippen LogP contribution in [0.2, 0.25) is 0 Å². The van der Waals surface area contributed by atoms with E-state index in [1.165, 1.54) is 12.1 Å². The number of carbonyl (C=O) groups is 1. The number of hydrogen-bond acceptors (Lipinski definition) is 1. The van der Waals surface area contributed by atoms with E-state index in [1.54, 1.807) is 6.07 Å². The Kier molecular flexibility index (Phi) is 6.65. The van der Waals surface area contributed by atoms with Crippen molar-refractivity contribution < 1.29 is 9.18 Å². The molecule has 1 unspecified atom stereocenters. The first-order chi connectivity index (χ1) is 11.2. The van der Waals surface area contributed by atoms with Gasteiger partial charge in [-0.2, -0.15) is 0 Å². The Labute approximate surface area is 145 Å². The number of hydrogen-bond donors (Lipinski definition) is 0. The first-order valence-electron chi connectivity index (χ1n) is 8.17. The van der Waals surface area contributed by atoms with Gasteiger partial charge >= 0.3 is 0 Å². The molecule has 0 saturated heterocycles.